The number of nitrogens with two attached hydrogens (primary N) is 1. The van der Waals surface area contributed by atoms with Crippen molar-refractivity contribution in [2.45, 2.75) is 33.3 Å². The Bertz CT molecular complexity index is 387. The molecule has 1 aliphatic rings. The Balaban J connectivity index is 2.46. The average Bonchev–Trinajstić information content (AvgIpc) is 2.64. The normalized spacial score (nSPS) is 20.6. The third kappa shape index (κ3) is 7.06. The molecule has 0 saturated carbocycles. The van der Waals surface area contributed by atoms with Gasteiger partial charge in [-0.3, -0.25) is 0 Å². The van der Waals surface area contributed by atoms with Gasteiger partial charge in [0, 0.05) is 26.2 Å². The number of ether oxygens (including phenoxy) is 1. The molecule has 1 unspecified atom stereocenters. The molecule has 1 rings (SSSR count). The van der Waals surface area contributed by atoms with Crippen LogP contribution < -0.4 is 5.73 Å². The molecule has 0 aromatic carbocycles. The van der Waals surface area contributed by atoms with Gasteiger partial charge in [0.15, 0.2) is 0 Å². The van der Waals surface area contributed by atoms with E-state index in [-0.39, 0.29) is 18.5 Å². The van der Waals surface area contributed by atoms with Crippen molar-refractivity contribution in [1.82, 2.24) is 9.21 Å². The largest absolute Gasteiger partial charge is 0.378 e. The van der Waals surface area contributed by atoms with Gasteiger partial charge in [-0.15, -0.1) is 0 Å². The Morgan fingerprint density at radius 2 is 1.86 bits per heavy atom. The molecule has 1 atom stereocenters. The highest BCUT2D eigenvalue weighted by Gasteiger charge is 2.25. The molecule has 0 radical (unpaired) electrons. The molecule has 7 heteroatoms. The summed E-state index contributed by atoms with van der Waals surface area (Å²) in [6.07, 6.45) is 0.944. The van der Waals surface area contributed by atoms with Gasteiger partial charge in [-0.25, -0.2) is 12.7 Å². The Hall–Kier alpha value is -0.210. The summed E-state index contributed by atoms with van der Waals surface area (Å²) in [5, 5.41) is 0. The first kappa shape index (κ1) is 18.8. The first-order chi connectivity index (χ1) is 9.85. The van der Waals surface area contributed by atoms with Gasteiger partial charge >= 0.3 is 0 Å². The molecule has 0 amide bonds. The maximum Gasteiger partial charge on any atom is 0.216 e. The Labute approximate surface area is 129 Å². The van der Waals surface area contributed by atoms with Gasteiger partial charge in [0.25, 0.3) is 0 Å². The third-order valence-corrected chi connectivity index (χ3v) is 5.54. The molecule has 0 spiro atoms. The predicted octanol–water partition coefficient (Wildman–Crippen LogP) is 0.344. The van der Waals surface area contributed by atoms with E-state index in [0.29, 0.717) is 25.6 Å². The standard InChI is InChI=1S/C14H31N3O3S/c1-13(2)20-9-10-21(18,19)17-6-4-5-16(7-8-17)12-14(3)11-15/h13-14H,4-12,15H2,1-3H3. The first-order valence-corrected chi connectivity index (χ1v) is 9.48. The van der Waals surface area contributed by atoms with Crippen molar-refractivity contribution in [3.8, 4) is 0 Å². The van der Waals surface area contributed by atoms with E-state index in [2.05, 4.69) is 11.8 Å². The molecule has 0 aliphatic carbocycles. The molecule has 1 saturated heterocycles. The molecule has 1 aliphatic heterocycles. The minimum Gasteiger partial charge on any atom is -0.378 e. The van der Waals surface area contributed by atoms with Gasteiger partial charge < -0.3 is 15.4 Å². The van der Waals surface area contributed by atoms with Crippen molar-refractivity contribution in [2.75, 3.05) is 51.6 Å². The van der Waals surface area contributed by atoms with Crippen LogP contribution in [0.5, 0.6) is 0 Å². The molecule has 21 heavy (non-hydrogen) atoms. The van der Waals surface area contributed by atoms with E-state index in [0.717, 1.165) is 26.1 Å². The summed E-state index contributed by atoms with van der Waals surface area (Å²) in [5.74, 6) is 0.525. The highest BCUT2D eigenvalue weighted by atomic mass is 32.2. The first-order valence-electron chi connectivity index (χ1n) is 7.87. The van der Waals surface area contributed by atoms with Crippen molar-refractivity contribution in [3.63, 3.8) is 0 Å². The van der Waals surface area contributed by atoms with Crippen molar-refractivity contribution in [3.05, 3.63) is 0 Å². The molecule has 126 valence electrons. The van der Waals surface area contributed by atoms with Crippen LogP contribution in [0.1, 0.15) is 27.2 Å². The van der Waals surface area contributed by atoms with Gasteiger partial charge in [-0.1, -0.05) is 6.92 Å². The molecule has 2 N–H and O–H groups in total. The highest BCUT2D eigenvalue weighted by Crippen LogP contribution is 2.10. The van der Waals surface area contributed by atoms with Crippen LogP contribution >= 0.6 is 0 Å². The third-order valence-electron chi connectivity index (χ3n) is 3.71. The van der Waals surface area contributed by atoms with Crippen LogP contribution in [0.3, 0.4) is 0 Å². The van der Waals surface area contributed by atoms with E-state index in [1.54, 1.807) is 4.31 Å². The lowest BCUT2D eigenvalue weighted by atomic mass is 10.1. The molecule has 1 heterocycles. The van der Waals surface area contributed by atoms with Gasteiger partial charge in [0.1, 0.15) is 0 Å². The number of nitrogens with zero attached hydrogens (tertiary/aromatic N) is 2. The van der Waals surface area contributed by atoms with Gasteiger partial charge in [-0.05, 0) is 39.3 Å². The molecular formula is C14H31N3O3S. The van der Waals surface area contributed by atoms with Crippen molar-refractivity contribution < 1.29 is 13.2 Å². The van der Waals surface area contributed by atoms with E-state index in [4.69, 9.17) is 10.5 Å². The highest BCUT2D eigenvalue weighted by molar-refractivity contribution is 7.89. The van der Waals surface area contributed by atoms with E-state index in [9.17, 15) is 8.42 Å². The molecule has 0 aromatic heterocycles. The Morgan fingerprint density at radius 3 is 2.48 bits per heavy atom. The maximum atomic E-state index is 12.3. The lowest BCUT2D eigenvalue weighted by molar-refractivity contribution is 0.0907. The number of sulfonamides is 1. The van der Waals surface area contributed by atoms with Gasteiger partial charge in [0.05, 0.1) is 18.5 Å². The summed E-state index contributed by atoms with van der Waals surface area (Å²) < 4.78 is 31.6. The van der Waals surface area contributed by atoms with Gasteiger partial charge in [0.2, 0.25) is 10.0 Å². The minimum atomic E-state index is -3.20. The second kappa shape index (κ2) is 9.05. The topological polar surface area (TPSA) is 75.9 Å². The summed E-state index contributed by atoms with van der Waals surface area (Å²) >= 11 is 0. The van der Waals surface area contributed by atoms with Crippen molar-refractivity contribution in [1.29, 1.82) is 0 Å². The fourth-order valence-corrected chi connectivity index (χ4v) is 3.77. The van der Waals surface area contributed by atoms with E-state index in [1.807, 2.05) is 13.8 Å². The second-order valence-corrected chi connectivity index (χ2v) is 8.22. The van der Waals surface area contributed by atoms with E-state index < -0.39 is 10.0 Å². The van der Waals surface area contributed by atoms with Gasteiger partial charge in [-0.2, -0.15) is 0 Å². The zero-order chi connectivity index (χ0) is 15.9. The number of hydrogen-bond acceptors (Lipinski definition) is 5. The van der Waals surface area contributed by atoms with Crippen molar-refractivity contribution in [2.24, 2.45) is 11.7 Å². The lowest BCUT2D eigenvalue weighted by Gasteiger charge is -2.24. The van der Waals surface area contributed by atoms with Crippen LogP contribution in [0.2, 0.25) is 0 Å². The maximum absolute atomic E-state index is 12.3. The fraction of sp³-hybridized carbons (Fsp3) is 1.00. The quantitative estimate of drug-likeness (QED) is 0.698. The molecule has 6 nitrogen and oxygen atoms in total. The zero-order valence-electron chi connectivity index (χ0n) is 13.6. The number of rotatable bonds is 8. The SMILES string of the molecule is CC(CN)CN1CCCN(S(=O)(=O)CCOC(C)C)CC1. The second-order valence-electron chi connectivity index (χ2n) is 6.13. The van der Waals surface area contributed by atoms with Crippen LogP contribution in [-0.4, -0.2) is 75.4 Å². The molecule has 1 fully saturated rings. The van der Waals surface area contributed by atoms with Crippen LogP contribution in [0.25, 0.3) is 0 Å². The molecule has 0 bridgehead atoms. The summed E-state index contributed by atoms with van der Waals surface area (Å²) in [6, 6.07) is 0. The predicted molar refractivity (Wildman–Crippen MR) is 85.7 cm³/mol. The van der Waals surface area contributed by atoms with Crippen LogP contribution in [-0.2, 0) is 14.8 Å². The average molecular weight is 321 g/mol. The summed E-state index contributed by atoms with van der Waals surface area (Å²) in [4.78, 5) is 2.32. The molecular weight excluding hydrogens is 290 g/mol. The fourth-order valence-electron chi connectivity index (χ4n) is 2.44. The number of hydrogen-bond donors (Lipinski definition) is 1. The summed E-state index contributed by atoms with van der Waals surface area (Å²) in [6.45, 7) is 10.7. The molecule has 0 aromatic rings. The zero-order valence-corrected chi connectivity index (χ0v) is 14.4. The Kier molecular flexibility index (Phi) is 8.12. The summed E-state index contributed by atoms with van der Waals surface area (Å²) in [5.41, 5.74) is 5.66. The van der Waals surface area contributed by atoms with E-state index >= 15 is 0 Å². The van der Waals surface area contributed by atoms with Crippen LogP contribution in [0.15, 0.2) is 0 Å². The van der Waals surface area contributed by atoms with Crippen LogP contribution in [0, 0.1) is 5.92 Å². The summed E-state index contributed by atoms with van der Waals surface area (Å²) in [7, 11) is -3.20. The monoisotopic (exact) mass is 321 g/mol. The Morgan fingerprint density at radius 1 is 1.14 bits per heavy atom. The van der Waals surface area contributed by atoms with E-state index in [1.165, 1.54) is 0 Å². The van der Waals surface area contributed by atoms with Crippen molar-refractivity contribution >= 4 is 10.0 Å². The smallest absolute Gasteiger partial charge is 0.216 e. The minimum absolute atomic E-state index is 0.0672. The van der Waals surface area contributed by atoms with Crippen LogP contribution in [0.4, 0.5) is 0 Å². The lowest BCUT2D eigenvalue weighted by Crippen LogP contribution is -2.38.